The van der Waals surface area contributed by atoms with E-state index >= 15 is 0 Å². The van der Waals surface area contributed by atoms with E-state index in [0.717, 1.165) is 31.9 Å². The largest absolute Gasteiger partial charge is 0.339 e. The summed E-state index contributed by atoms with van der Waals surface area (Å²) in [4.78, 5) is 13.8. The van der Waals surface area contributed by atoms with E-state index in [4.69, 9.17) is 5.73 Å². The second kappa shape index (κ2) is 7.31. The number of likely N-dealkylation sites (tertiary alicyclic amines) is 1. The Hall–Kier alpha value is -0.330. The number of rotatable bonds is 4. The summed E-state index contributed by atoms with van der Waals surface area (Å²) < 4.78 is 22.8. The molecule has 108 valence electrons. The highest BCUT2D eigenvalue weighted by Gasteiger charge is 2.33. The van der Waals surface area contributed by atoms with Crippen LogP contribution in [0.5, 0.6) is 0 Å². The number of sulfone groups is 1. The molecule has 0 radical (unpaired) electrons. The summed E-state index contributed by atoms with van der Waals surface area (Å²) in [5, 5.41) is -0.944. The fourth-order valence-electron chi connectivity index (χ4n) is 2.20. The predicted octanol–water partition coefficient (Wildman–Crippen LogP) is 0.571. The number of nitrogens with two attached hydrogens (primary N) is 1. The van der Waals surface area contributed by atoms with Crippen molar-refractivity contribution in [2.75, 3.05) is 19.3 Å². The van der Waals surface area contributed by atoms with Crippen LogP contribution in [-0.2, 0) is 14.6 Å². The van der Waals surface area contributed by atoms with E-state index in [0.29, 0.717) is 13.1 Å². The van der Waals surface area contributed by atoms with Crippen LogP contribution in [0.1, 0.15) is 32.6 Å². The smallest absolute Gasteiger partial charge is 0.240 e. The van der Waals surface area contributed by atoms with Crippen molar-refractivity contribution in [1.29, 1.82) is 0 Å². The van der Waals surface area contributed by atoms with Gasteiger partial charge in [-0.05, 0) is 39.2 Å². The quantitative estimate of drug-likeness (QED) is 0.823. The Labute approximate surface area is 115 Å². The van der Waals surface area contributed by atoms with E-state index < -0.39 is 15.1 Å². The SMILES string of the molecule is CC(C(=O)N1CCCCC1CCN)S(C)(=O)=O.Cl. The molecule has 7 heteroatoms. The molecule has 0 aromatic heterocycles. The number of carbonyl (C=O) groups excluding carboxylic acids is 1. The van der Waals surface area contributed by atoms with Crippen molar-refractivity contribution in [2.45, 2.75) is 43.9 Å². The van der Waals surface area contributed by atoms with Crippen molar-refractivity contribution in [1.82, 2.24) is 4.90 Å². The molecule has 1 amide bonds. The second-order valence-electron chi connectivity index (χ2n) is 4.73. The minimum Gasteiger partial charge on any atom is -0.339 e. The number of piperidine rings is 1. The topological polar surface area (TPSA) is 80.5 Å². The molecular weight excluding hydrogens is 276 g/mol. The predicted molar refractivity (Wildman–Crippen MR) is 74.6 cm³/mol. The molecule has 2 atom stereocenters. The zero-order chi connectivity index (χ0) is 13.1. The van der Waals surface area contributed by atoms with E-state index in [1.54, 1.807) is 4.90 Å². The van der Waals surface area contributed by atoms with E-state index in [2.05, 4.69) is 0 Å². The normalized spacial score (nSPS) is 22.2. The molecule has 0 saturated carbocycles. The van der Waals surface area contributed by atoms with Gasteiger partial charge in [0.25, 0.3) is 0 Å². The first kappa shape index (κ1) is 17.7. The Morgan fingerprint density at radius 2 is 2.06 bits per heavy atom. The summed E-state index contributed by atoms with van der Waals surface area (Å²) in [5.41, 5.74) is 5.53. The van der Waals surface area contributed by atoms with Gasteiger partial charge in [0.05, 0.1) is 0 Å². The Kier molecular flexibility index (Phi) is 7.17. The minimum absolute atomic E-state index is 0. The molecule has 2 unspecified atom stereocenters. The van der Waals surface area contributed by atoms with Gasteiger partial charge in [-0.3, -0.25) is 4.79 Å². The first-order valence-corrected chi connectivity index (χ1v) is 8.02. The third-order valence-electron chi connectivity index (χ3n) is 3.40. The Bertz CT molecular complexity index is 370. The van der Waals surface area contributed by atoms with Gasteiger partial charge in [-0.15, -0.1) is 12.4 Å². The zero-order valence-electron chi connectivity index (χ0n) is 11.0. The van der Waals surface area contributed by atoms with E-state index in [1.165, 1.54) is 6.92 Å². The fraction of sp³-hybridized carbons (Fsp3) is 0.909. The molecule has 1 aliphatic rings. The molecule has 1 heterocycles. The van der Waals surface area contributed by atoms with Crippen LogP contribution in [0.3, 0.4) is 0 Å². The molecule has 5 nitrogen and oxygen atoms in total. The highest BCUT2D eigenvalue weighted by molar-refractivity contribution is 7.92. The molecule has 1 fully saturated rings. The molecule has 18 heavy (non-hydrogen) atoms. The van der Waals surface area contributed by atoms with Crippen LogP contribution in [-0.4, -0.2) is 49.9 Å². The summed E-state index contributed by atoms with van der Waals surface area (Å²) in [6.45, 7) is 2.65. The number of amides is 1. The van der Waals surface area contributed by atoms with Gasteiger partial charge in [0, 0.05) is 18.8 Å². The Morgan fingerprint density at radius 1 is 1.44 bits per heavy atom. The molecular formula is C11H23ClN2O3S. The zero-order valence-corrected chi connectivity index (χ0v) is 12.6. The summed E-state index contributed by atoms with van der Waals surface area (Å²) in [7, 11) is -3.31. The first-order valence-electron chi connectivity index (χ1n) is 6.07. The first-order chi connectivity index (χ1) is 7.88. The fourth-order valence-corrected chi connectivity index (χ4v) is 2.70. The van der Waals surface area contributed by atoms with Gasteiger partial charge in [-0.1, -0.05) is 0 Å². The monoisotopic (exact) mass is 298 g/mol. The highest BCUT2D eigenvalue weighted by Crippen LogP contribution is 2.21. The number of hydrogen-bond acceptors (Lipinski definition) is 4. The number of carbonyl (C=O) groups is 1. The van der Waals surface area contributed by atoms with E-state index in [1.807, 2.05) is 0 Å². The number of halogens is 1. The van der Waals surface area contributed by atoms with Gasteiger partial charge in [0.15, 0.2) is 9.84 Å². The van der Waals surface area contributed by atoms with Crippen molar-refractivity contribution in [3.63, 3.8) is 0 Å². The maximum Gasteiger partial charge on any atom is 0.240 e. The molecule has 1 rings (SSSR count). The van der Waals surface area contributed by atoms with Crippen LogP contribution >= 0.6 is 12.4 Å². The summed E-state index contributed by atoms with van der Waals surface area (Å²) in [5.74, 6) is -0.273. The van der Waals surface area contributed by atoms with Crippen molar-refractivity contribution in [3.05, 3.63) is 0 Å². The van der Waals surface area contributed by atoms with Crippen LogP contribution in [0.4, 0.5) is 0 Å². The summed E-state index contributed by atoms with van der Waals surface area (Å²) in [6.07, 6.45) is 4.82. The molecule has 0 aliphatic carbocycles. The molecule has 0 aromatic rings. The Balaban J connectivity index is 0.00000289. The van der Waals surface area contributed by atoms with E-state index in [9.17, 15) is 13.2 Å². The van der Waals surface area contributed by atoms with Crippen LogP contribution in [0.25, 0.3) is 0 Å². The lowest BCUT2D eigenvalue weighted by Gasteiger charge is -2.37. The van der Waals surface area contributed by atoms with Gasteiger partial charge in [-0.2, -0.15) is 0 Å². The average molecular weight is 299 g/mol. The van der Waals surface area contributed by atoms with Gasteiger partial charge in [-0.25, -0.2) is 8.42 Å². The second-order valence-corrected chi connectivity index (χ2v) is 7.10. The summed E-state index contributed by atoms with van der Waals surface area (Å²) in [6, 6.07) is 0.116. The highest BCUT2D eigenvalue weighted by atomic mass is 35.5. The molecule has 1 saturated heterocycles. The molecule has 1 aliphatic heterocycles. The minimum atomic E-state index is -3.31. The standard InChI is InChI=1S/C11H22N2O3S.ClH/c1-9(17(2,15)16)11(14)13-8-4-3-5-10(13)6-7-12;/h9-10H,3-8,12H2,1-2H3;1H. The molecule has 0 bridgehead atoms. The number of hydrogen-bond donors (Lipinski definition) is 1. The lowest BCUT2D eigenvalue weighted by Crippen LogP contribution is -2.49. The lowest BCUT2D eigenvalue weighted by molar-refractivity contribution is -0.134. The van der Waals surface area contributed by atoms with Crippen molar-refractivity contribution in [2.24, 2.45) is 5.73 Å². The van der Waals surface area contributed by atoms with Gasteiger partial charge in [0.2, 0.25) is 5.91 Å². The van der Waals surface area contributed by atoms with E-state index in [-0.39, 0.29) is 24.4 Å². The average Bonchev–Trinajstić information content (AvgIpc) is 2.27. The molecule has 0 spiro atoms. The van der Waals surface area contributed by atoms with Crippen LogP contribution in [0.15, 0.2) is 0 Å². The van der Waals surface area contributed by atoms with Crippen LogP contribution < -0.4 is 5.73 Å². The van der Waals surface area contributed by atoms with Crippen molar-refractivity contribution in [3.8, 4) is 0 Å². The summed E-state index contributed by atoms with van der Waals surface area (Å²) >= 11 is 0. The van der Waals surface area contributed by atoms with Crippen LogP contribution in [0.2, 0.25) is 0 Å². The van der Waals surface area contributed by atoms with Gasteiger partial charge in [0.1, 0.15) is 5.25 Å². The third kappa shape index (κ3) is 4.40. The van der Waals surface area contributed by atoms with Crippen molar-refractivity contribution >= 4 is 28.2 Å². The Morgan fingerprint density at radius 3 is 2.56 bits per heavy atom. The lowest BCUT2D eigenvalue weighted by atomic mass is 9.99. The van der Waals surface area contributed by atoms with Crippen LogP contribution in [0, 0.1) is 0 Å². The third-order valence-corrected chi connectivity index (χ3v) is 4.89. The van der Waals surface area contributed by atoms with Gasteiger partial charge < -0.3 is 10.6 Å². The van der Waals surface area contributed by atoms with Gasteiger partial charge >= 0.3 is 0 Å². The molecule has 0 aromatic carbocycles. The maximum atomic E-state index is 12.1. The number of nitrogens with zero attached hydrogens (tertiary/aromatic N) is 1. The van der Waals surface area contributed by atoms with Crippen molar-refractivity contribution < 1.29 is 13.2 Å². The maximum absolute atomic E-state index is 12.1. The molecule has 2 N–H and O–H groups in total.